The monoisotopic (exact) mass is 881 g/mol. The summed E-state index contributed by atoms with van der Waals surface area (Å²) in [6, 6.07) is 3.65. The van der Waals surface area contributed by atoms with Crippen molar-refractivity contribution in [2.75, 3.05) is 13.2 Å². The number of carbonyl (C=O) groups is 2. The molecule has 0 bridgehead atoms. The maximum atomic E-state index is 13.1. The summed E-state index contributed by atoms with van der Waals surface area (Å²) in [4.78, 5) is 25.3. The molecule has 1 rings (SSSR count). The van der Waals surface area contributed by atoms with Crippen molar-refractivity contribution in [2.24, 2.45) is 0 Å². The Kier molecular flexibility index (Phi) is 42.7. The molecule has 1 aromatic rings. The van der Waals surface area contributed by atoms with Crippen molar-refractivity contribution < 1.29 is 61.6 Å². The maximum Gasteiger partial charge on any atom is 1.00 e. The van der Waals surface area contributed by atoms with Crippen LogP contribution >= 0.6 is 0 Å². The number of esters is 2. The number of ether oxygens (including phenoxy) is 2. The zero-order valence-electron chi connectivity index (χ0n) is 39.7. The van der Waals surface area contributed by atoms with Crippen LogP contribution < -0.4 is 29.6 Å². The quantitative estimate of drug-likeness (QED) is 0.0211. The molecule has 0 fully saturated rings. The van der Waals surface area contributed by atoms with E-state index < -0.39 is 32.5 Å². The van der Waals surface area contributed by atoms with E-state index in [9.17, 15) is 22.6 Å². The van der Waals surface area contributed by atoms with Gasteiger partial charge in [-0.3, -0.25) is 0 Å². The first-order valence-corrected chi connectivity index (χ1v) is 26.4. The van der Waals surface area contributed by atoms with E-state index in [0.29, 0.717) is 12.8 Å². The van der Waals surface area contributed by atoms with Crippen LogP contribution in [-0.4, -0.2) is 38.1 Å². The molecule has 9 heteroatoms. The number of benzene rings is 1. The Labute approximate surface area is 397 Å². The van der Waals surface area contributed by atoms with Crippen LogP contribution in [0.2, 0.25) is 0 Å². The van der Waals surface area contributed by atoms with Gasteiger partial charge in [0.2, 0.25) is 0 Å². The van der Waals surface area contributed by atoms with Crippen LogP contribution in [-0.2, 0) is 19.6 Å². The van der Waals surface area contributed by atoms with Crippen LogP contribution in [0, 0.1) is 0 Å². The van der Waals surface area contributed by atoms with Crippen molar-refractivity contribution in [3.63, 3.8) is 0 Å². The molecule has 0 saturated heterocycles. The van der Waals surface area contributed by atoms with Crippen molar-refractivity contribution in [3.8, 4) is 0 Å². The first kappa shape index (κ1) is 59.5. The number of unbranched alkanes of at least 4 members (excludes halogenated alkanes) is 34. The molecule has 0 amide bonds. The molecule has 0 spiro atoms. The summed E-state index contributed by atoms with van der Waals surface area (Å²) < 4.78 is 46.9. The van der Waals surface area contributed by atoms with Gasteiger partial charge in [0.05, 0.1) is 29.2 Å². The van der Waals surface area contributed by atoms with Crippen molar-refractivity contribution in [2.45, 2.75) is 250 Å². The van der Waals surface area contributed by atoms with Gasteiger partial charge in [0.1, 0.15) is 10.1 Å². The number of rotatable bonds is 43. The van der Waals surface area contributed by atoms with Gasteiger partial charge in [0.15, 0.2) is 0 Å². The molecule has 0 radical (unpaired) electrons. The van der Waals surface area contributed by atoms with Gasteiger partial charge < -0.3 is 14.0 Å². The van der Waals surface area contributed by atoms with Gasteiger partial charge in [-0.05, 0) is 64.5 Å². The average Bonchev–Trinajstić information content (AvgIpc) is 3.24. The normalized spacial score (nSPS) is 11.7. The fraction of sp³-hybridized carbons (Fsp3) is 0.769. The standard InChI is InChI=1S/C52H90O7S.Na/c1-3-5-7-9-11-13-15-17-19-21-23-25-27-29-31-33-35-37-39-41-46-58-51(53)48-44-43-45-49(60(55,56)57)50(48)52(54)59-47-42-40-38-36-34-32-30-28-26-24-22-20-18-16-14-12-10-8-6-4-2;/h3-6,43-45H,7-42,46-47H2,1-2H3,(H,55,56,57);/q;+1/p-1/b5-3+,6-4+;. The molecule has 0 aliphatic carbocycles. The van der Waals surface area contributed by atoms with E-state index in [1.54, 1.807) is 0 Å². The molecule has 0 N–H and O–H groups in total. The van der Waals surface area contributed by atoms with E-state index in [1.165, 1.54) is 192 Å². The predicted octanol–water partition coefficient (Wildman–Crippen LogP) is 13.1. The van der Waals surface area contributed by atoms with Gasteiger partial charge in [0, 0.05) is 0 Å². The van der Waals surface area contributed by atoms with E-state index in [1.807, 2.05) is 0 Å². The number of hydrogen-bond acceptors (Lipinski definition) is 7. The van der Waals surface area contributed by atoms with Gasteiger partial charge in [-0.2, -0.15) is 0 Å². The van der Waals surface area contributed by atoms with E-state index in [0.717, 1.165) is 44.6 Å². The number of allylic oxidation sites excluding steroid dienone is 4. The molecule has 0 atom stereocenters. The van der Waals surface area contributed by atoms with Gasteiger partial charge >= 0.3 is 41.5 Å². The van der Waals surface area contributed by atoms with Crippen molar-refractivity contribution >= 4 is 22.1 Å². The smallest absolute Gasteiger partial charge is 0.744 e. The van der Waals surface area contributed by atoms with Gasteiger partial charge in [-0.15, -0.1) is 0 Å². The summed E-state index contributed by atoms with van der Waals surface area (Å²) in [6.45, 7) is 4.44. The first-order valence-electron chi connectivity index (χ1n) is 25.0. The molecule has 346 valence electrons. The summed E-state index contributed by atoms with van der Waals surface area (Å²) in [6.07, 6.45) is 53.5. The number of carbonyl (C=O) groups excluding carboxylic acids is 2. The van der Waals surface area contributed by atoms with Crippen molar-refractivity contribution in [1.29, 1.82) is 0 Å². The van der Waals surface area contributed by atoms with Crippen LogP contribution in [0.1, 0.15) is 266 Å². The molecule has 0 saturated carbocycles. The summed E-state index contributed by atoms with van der Waals surface area (Å²) in [7, 11) is -5.02. The fourth-order valence-corrected chi connectivity index (χ4v) is 8.65. The summed E-state index contributed by atoms with van der Waals surface area (Å²) in [5, 5.41) is 0. The van der Waals surface area contributed by atoms with Crippen LogP contribution in [0.25, 0.3) is 0 Å². The Balaban J connectivity index is 0.0000360. The minimum atomic E-state index is -5.02. The predicted molar refractivity (Wildman–Crippen MR) is 251 cm³/mol. The van der Waals surface area contributed by atoms with Crippen LogP contribution in [0.3, 0.4) is 0 Å². The van der Waals surface area contributed by atoms with Gasteiger partial charge in [-0.25, -0.2) is 18.0 Å². The maximum absolute atomic E-state index is 13.1. The SMILES string of the molecule is C/C=C/CCCCCCCCCCCCCCCCCCCOC(=O)c1cccc(S(=O)(=O)[O-])c1C(=O)OCCCCCCCCCCCCCCCCCCC/C=C/C.[Na+]. The second-order valence-electron chi connectivity index (χ2n) is 17.1. The molecule has 0 heterocycles. The van der Waals surface area contributed by atoms with E-state index in [4.69, 9.17) is 9.47 Å². The molecule has 0 unspecified atom stereocenters. The van der Waals surface area contributed by atoms with Gasteiger partial charge in [0.25, 0.3) is 0 Å². The second kappa shape index (κ2) is 43.8. The average molecular weight is 881 g/mol. The van der Waals surface area contributed by atoms with Crippen LogP contribution in [0.4, 0.5) is 0 Å². The third kappa shape index (κ3) is 35.6. The summed E-state index contributed by atoms with van der Waals surface area (Å²) in [5.74, 6) is -1.80. The molecule has 0 aliphatic rings. The zero-order chi connectivity index (χ0) is 43.6. The molecule has 0 aromatic heterocycles. The molecule has 61 heavy (non-hydrogen) atoms. The van der Waals surface area contributed by atoms with Crippen molar-refractivity contribution in [3.05, 3.63) is 53.6 Å². The Morgan fingerprint density at radius 1 is 0.459 bits per heavy atom. The minimum Gasteiger partial charge on any atom is -0.744 e. The van der Waals surface area contributed by atoms with Gasteiger partial charge in [-0.1, -0.05) is 223 Å². The van der Waals surface area contributed by atoms with E-state index in [-0.39, 0.29) is 48.3 Å². The molecular formula is C52H89NaO7S. The fourth-order valence-electron chi connectivity index (χ4n) is 7.96. The Morgan fingerprint density at radius 2 is 0.738 bits per heavy atom. The molecule has 1 aromatic carbocycles. The zero-order valence-corrected chi connectivity index (χ0v) is 42.5. The topological polar surface area (TPSA) is 110 Å². The Morgan fingerprint density at radius 3 is 1.03 bits per heavy atom. The molecular weight excluding hydrogens is 792 g/mol. The second-order valence-corrected chi connectivity index (χ2v) is 18.5. The van der Waals surface area contributed by atoms with Crippen LogP contribution in [0.5, 0.6) is 0 Å². The first-order chi connectivity index (χ1) is 29.3. The summed E-state index contributed by atoms with van der Waals surface area (Å²) >= 11 is 0. The summed E-state index contributed by atoms with van der Waals surface area (Å²) in [5.41, 5.74) is -0.768. The molecule has 7 nitrogen and oxygen atoms in total. The Bertz CT molecular complexity index is 1340. The third-order valence-corrected chi connectivity index (χ3v) is 12.6. The Hall–Kier alpha value is -1.45. The van der Waals surface area contributed by atoms with E-state index in [2.05, 4.69) is 38.2 Å². The van der Waals surface area contributed by atoms with Crippen LogP contribution in [0.15, 0.2) is 47.4 Å². The minimum absolute atomic E-state index is 0. The van der Waals surface area contributed by atoms with Crippen molar-refractivity contribution in [1.82, 2.24) is 0 Å². The third-order valence-electron chi connectivity index (χ3n) is 11.7. The van der Waals surface area contributed by atoms with E-state index >= 15 is 0 Å². The number of hydrogen-bond donors (Lipinski definition) is 0. The molecule has 0 aliphatic heterocycles. The largest absolute Gasteiger partial charge is 1.00 e.